The Kier molecular flexibility index (Phi) is 4.28. The normalized spacial score (nSPS) is 20.4. The SMILES string of the molecule is CC(C)Cc1noc(CN2C(=O)N[C@](C)(c3ccccc3F)C2=O)n1. The first-order valence-corrected chi connectivity index (χ1v) is 8.02. The molecule has 8 heteroatoms. The van der Waals surface area contributed by atoms with E-state index in [4.69, 9.17) is 4.52 Å². The fourth-order valence-corrected chi connectivity index (χ4v) is 2.83. The van der Waals surface area contributed by atoms with Crippen LogP contribution in [-0.2, 0) is 23.3 Å². The zero-order valence-electron chi connectivity index (χ0n) is 14.2. The van der Waals surface area contributed by atoms with E-state index in [1.165, 1.54) is 25.1 Å². The van der Waals surface area contributed by atoms with E-state index in [2.05, 4.69) is 15.5 Å². The number of urea groups is 1. The number of carbonyl (C=O) groups is 2. The minimum Gasteiger partial charge on any atom is -0.337 e. The Labute approximate surface area is 144 Å². The molecule has 1 atom stereocenters. The molecular formula is C17H19FN4O3. The fourth-order valence-electron chi connectivity index (χ4n) is 2.83. The summed E-state index contributed by atoms with van der Waals surface area (Å²) in [5, 5.41) is 6.40. The highest BCUT2D eigenvalue weighted by Gasteiger charge is 2.50. The van der Waals surface area contributed by atoms with Crippen molar-refractivity contribution in [2.45, 2.75) is 39.3 Å². The van der Waals surface area contributed by atoms with Crippen LogP contribution in [0.15, 0.2) is 28.8 Å². The van der Waals surface area contributed by atoms with Gasteiger partial charge in [-0.15, -0.1) is 0 Å². The smallest absolute Gasteiger partial charge is 0.325 e. The van der Waals surface area contributed by atoms with Crippen LogP contribution in [0.1, 0.15) is 38.0 Å². The summed E-state index contributed by atoms with van der Waals surface area (Å²) in [5.74, 6) is -0.0823. The van der Waals surface area contributed by atoms with Gasteiger partial charge in [-0.2, -0.15) is 4.98 Å². The number of nitrogens with one attached hydrogen (secondary N) is 1. The third-order valence-electron chi connectivity index (χ3n) is 4.08. The third-order valence-corrected chi connectivity index (χ3v) is 4.08. The highest BCUT2D eigenvalue weighted by molar-refractivity contribution is 6.07. The topological polar surface area (TPSA) is 88.3 Å². The molecule has 2 heterocycles. The van der Waals surface area contributed by atoms with Crippen molar-refractivity contribution < 1.29 is 18.5 Å². The number of aromatic nitrogens is 2. The molecule has 2 aromatic rings. The Morgan fingerprint density at radius 3 is 2.72 bits per heavy atom. The van der Waals surface area contributed by atoms with Crippen LogP contribution in [0.3, 0.4) is 0 Å². The van der Waals surface area contributed by atoms with Gasteiger partial charge in [0.1, 0.15) is 17.9 Å². The van der Waals surface area contributed by atoms with E-state index in [9.17, 15) is 14.0 Å². The maximum absolute atomic E-state index is 14.1. The van der Waals surface area contributed by atoms with Gasteiger partial charge < -0.3 is 9.84 Å². The van der Waals surface area contributed by atoms with E-state index in [0.29, 0.717) is 18.2 Å². The number of rotatable bonds is 5. The summed E-state index contributed by atoms with van der Waals surface area (Å²) in [6.07, 6.45) is 0.636. The number of amides is 3. The number of hydrogen-bond acceptors (Lipinski definition) is 5. The van der Waals surface area contributed by atoms with Crippen molar-refractivity contribution >= 4 is 11.9 Å². The lowest BCUT2D eigenvalue weighted by molar-refractivity contribution is -0.131. The second kappa shape index (κ2) is 6.27. The number of hydrogen-bond donors (Lipinski definition) is 1. The molecular weight excluding hydrogens is 327 g/mol. The molecule has 25 heavy (non-hydrogen) atoms. The molecule has 0 spiro atoms. The van der Waals surface area contributed by atoms with Crippen molar-refractivity contribution in [3.63, 3.8) is 0 Å². The van der Waals surface area contributed by atoms with Crippen LogP contribution in [0.4, 0.5) is 9.18 Å². The first-order chi connectivity index (χ1) is 11.8. The summed E-state index contributed by atoms with van der Waals surface area (Å²) in [4.78, 5) is 30.2. The maximum atomic E-state index is 14.1. The monoisotopic (exact) mass is 346 g/mol. The van der Waals surface area contributed by atoms with Crippen molar-refractivity contribution in [1.29, 1.82) is 0 Å². The van der Waals surface area contributed by atoms with Gasteiger partial charge in [-0.1, -0.05) is 37.2 Å². The van der Waals surface area contributed by atoms with Gasteiger partial charge in [0, 0.05) is 12.0 Å². The zero-order chi connectivity index (χ0) is 18.2. The average molecular weight is 346 g/mol. The molecule has 0 bridgehead atoms. The van der Waals surface area contributed by atoms with Crippen molar-refractivity contribution in [2.75, 3.05) is 0 Å². The maximum Gasteiger partial charge on any atom is 0.325 e. The van der Waals surface area contributed by atoms with Gasteiger partial charge in [-0.25, -0.2) is 9.18 Å². The number of imide groups is 1. The molecule has 1 aromatic heterocycles. The van der Waals surface area contributed by atoms with E-state index < -0.39 is 23.3 Å². The largest absolute Gasteiger partial charge is 0.337 e. The van der Waals surface area contributed by atoms with E-state index in [1.807, 2.05) is 13.8 Å². The van der Waals surface area contributed by atoms with Crippen molar-refractivity contribution in [2.24, 2.45) is 5.92 Å². The Morgan fingerprint density at radius 2 is 2.04 bits per heavy atom. The molecule has 3 amide bonds. The lowest BCUT2D eigenvalue weighted by Crippen LogP contribution is -2.41. The molecule has 7 nitrogen and oxygen atoms in total. The minimum atomic E-state index is -1.47. The molecule has 1 N–H and O–H groups in total. The average Bonchev–Trinajstić information content (AvgIpc) is 3.06. The Balaban J connectivity index is 1.82. The summed E-state index contributed by atoms with van der Waals surface area (Å²) in [7, 11) is 0. The molecule has 132 valence electrons. The van der Waals surface area contributed by atoms with E-state index in [0.717, 1.165) is 4.90 Å². The Morgan fingerprint density at radius 1 is 1.32 bits per heavy atom. The molecule has 1 aromatic carbocycles. The van der Waals surface area contributed by atoms with Gasteiger partial charge in [0.05, 0.1) is 0 Å². The van der Waals surface area contributed by atoms with Crippen LogP contribution in [0.5, 0.6) is 0 Å². The molecule has 0 radical (unpaired) electrons. The highest BCUT2D eigenvalue weighted by atomic mass is 19.1. The first kappa shape index (κ1) is 17.1. The quantitative estimate of drug-likeness (QED) is 0.840. The van der Waals surface area contributed by atoms with Crippen molar-refractivity contribution in [3.8, 4) is 0 Å². The van der Waals surface area contributed by atoms with Crippen LogP contribution in [0.25, 0.3) is 0 Å². The molecule has 1 aliphatic heterocycles. The molecule has 3 rings (SSSR count). The summed E-state index contributed by atoms with van der Waals surface area (Å²) in [6.45, 7) is 5.37. The molecule has 0 unspecified atom stereocenters. The number of carbonyl (C=O) groups excluding carboxylic acids is 2. The number of nitrogens with zero attached hydrogens (tertiary/aromatic N) is 3. The molecule has 1 saturated heterocycles. The summed E-state index contributed by atoms with van der Waals surface area (Å²) < 4.78 is 19.2. The second-order valence-electron chi connectivity index (χ2n) is 6.63. The third kappa shape index (κ3) is 3.11. The Bertz CT molecular complexity index is 820. The van der Waals surface area contributed by atoms with Gasteiger partial charge in [0.2, 0.25) is 5.89 Å². The standard InChI is InChI=1S/C17H19FN4O3/c1-10(2)8-13-19-14(25-21-13)9-22-15(23)17(3,20-16(22)24)11-6-4-5-7-12(11)18/h4-7,10H,8-9H2,1-3H3,(H,20,24)/t17-/m1/s1. The van der Waals surface area contributed by atoms with E-state index in [-0.39, 0.29) is 18.0 Å². The molecule has 0 aliphatic carbocycles. The predicted octanol–water partition coefficient (Wildman–Crippen LogP) is 2.37. The van der Waals surface area contributed by atoms with Gasteiger partial charge in [-0.05, 0) is 18.9 Å². The highest BCUT2D eigenvalue weighted by Crippen LogP contribution is 2.31. The lowest BCUT2D eigenvalue weighted by Gasteiger charge is -2.22. The number of halogens is 1. The first-order valence-electron chi connectivity index (χ1n) is 8.02. The van der Waals surface area contributed by atoms with Crippen LogP contribution in [-0.4, -0.2) is 27.0 Å². The Hall–Kier alpha value is -2.77. The van der Waals surface area contributed by atoms with Gasteiger partial charge in [-0.3, -0.25) is 9.69 Å². The van der Waals surface area contributed by atoms with Crippen molar-refractivity contribution in [3.05, 3.63) is 47.4 Å². The van der Waals surface area contributed by atoms with Crippen LogP contribution >= 0.6 is 0 Å². The number of benzene rings is 1. The van der Waals surface area contributed by atoms with E-state index >= 15 is 0 Å². The lowest BCUT2D eigenvalue weighted by atomic mass is 9.91. The fraction of sp³-hybridized carbons (Fsp3) is 0.412. The second-order valence-corrected chi connectivity index (χ2v) is 6.63. The summed E-state index contributed by atoms with van der Waals surface area (Å²) in [6, 6.07) is 5.24. The molecule has 1 aliphatic rings. The van der Waals surface area contributed by atoms with E-state index in [1.54, 1.807) is 6.07 Å². The zero-order valence-corrected chi connectivity index (χ0v) is 14.2. The predicted molar refractivity (Wildman–Crippen MR) is 85.7 cm³/mol. The summed E-state index contributed by atoms with van der Waals surface area (Å²) >= 11 is 0. The van der Waals surface area contributed by atoms with Crippen LogP contribution < -0.4 is 5.32 Å². The molecule has 1 fully saturated rings. The van der Waals surface area contributed by atoms with Crippen LogP contribution in [0, 0.1) is 11.7 Å². The van der Waals surface area contributed by atoms with Crippen molar-refractivity contribution in [1.82, 2.24) is 20.4 Å². The van der Waals surface area contributed by atoms with Gasteiger partial charge in [0.15, 0.2) is 5.82 Å². The molecule has 0 saturated carbocycles. The van der Waals surface area contributed by atoms with Gasteiger partial charge in [0.25, 0.3) is 5.91 Å². The summed E-state index contributed by atoms with van der Waals surface area (Å²) in [5.41, 5.74) is -1.36. The van der Waals surface area contributed by atoms with Gasteiger partial charge >= 0.3 is 6.03 Å². The van der Waals surface area contributed by atoms with Crippen LogP contribution in [0.2, 0.25) is 0 Å². The minimum absolute atomic E-state index is 0.113.